The Bertz CT molecular complexity index is 583. The second-order valence-electron chi connectivity index (χ2n) is 6.61. The van der Waals surface area contributed by atoms with Gasteiger partial charge in [-0.2, -0.15) is 0 Å². The maximum Gasteiger partial charge on any atom is 0.411 e. The van der Waals surface area contributed by atoms with Gasteiger partial charge in [-0.15, -0.1) is 11.8 Å². The van der Waals surface area contributed by atoms with Gasteiger partial charge in [-0.25, -0.2) is 4.79 Å². The van der Waals surface area contributed by atoms with Gasteiger partial charge in [0, 0.05) is 12.3 Å². The van der Waals surface area contributed by atoms with E-state index in [1.54, 1.807) is 11.8 Å². The minimum atomic E-state index is -0.563. The average Bonchev–Trinajstić information content (AvgIpc) is 2.94. The average molecular weight is 336 g/mol. The van der Waals surface area contributed by atoms with Crippen LogP contribution in [0.15, 0.2) is 24.3 Å². The van der Waals surface area contributed by atoms with Crippen molar-refractivity contribution in [2.45, 2.75) is 45.9 Å². The summed E-state index contributed by atoms with van der Waals surface area (Å²) >= 11 is 1.56. The van der Waals surface area contributed by atoms with Crippen LogP contribution in [0.1, 0.15) is 31.9 Å². The predicted octanol–water partition coefficient (Wildman–Crippen LogP) is 2.92. The Hall–Kier alpha value is -1.69. The molecular weight excluding hydrogens is 312 g/mol. The van der Waals surface area contributed by atoms with E-state index in [4.69, 9.17) is 4.74 Å². The van der Waals surface area contributed by atoms with Crippen LogP contribution in [0, 0.1) is 6.92 Å². The van der Waals surface area contributed by atoms with E-state index >= 15 is 0 Å². The number of rotatable bonds is 3. The second kappa shape index (κ2) is 7.25. The van der Waals surface area contributed by atoms with Crippen LogP contribution in [0.2, 0.25) is 0 Å². The van der Waals surface area contributed by atoms with Gasteiger partial charge in [0.15, 0.2) is 0 Å². The zero-order valence-electron chi connectivity index (χ0n) is 14.1. The molecule has 1 N–H and O–H groups in total. The Labute approximate surface area is 141 Å². The molecule has 1 aliphatic rings. The van der Waals surface area contributed by atoms with E-state index in [0.717, 1.165) is 11.1 Å². The molecule has 0 aromatic heterocycles. The fraction of sp³-hybridized carbons (Fsp3) is 0.529. The van der Waals surface area contributed by atoms with E-state index < -0.39 is 17.7 Å². The quantitative estimate of drug-likeness (QED) is 0.922. The van der Waals surface area contributed by atoms with E-state index in [2.05, 4.69) is 5.32 Å². The predicted molar refractivity (Wildman–Crippen MR) is 92.2 cm³/mol. The standard InChI is InChI=1S/C17H24N2O3S/c1-12-7-5-6-8-13(12)9-18-15(20)14-10-23-11-19(14)16(21)22-17(2,3)4/h5-8,14H,9-11H2,1-4H3,(H,18,20)/t14-/m0/s1. The Morgan fingerprint density at radius 1 is 1.35 bits per heavy atom. The summed E-state index contributed by atoms with van der Waals surface area (Å²) in [5, 5.41) is 2.93. The summed E-state index contributed by atoms with van der Waals surface area (Å²) in [6.45, 7) is 7.94. The van der Waals surface area contributed by atoms with Crippen molar-refractivity contribution in [3.63, 3.8) is 0 Å². The number of nitrogens with one attached hydrogen (secondary N) is 1. The third-order valence-corrected chi connectivity index (χ3v) is 4.54. The van der Waals surface area contributed by atoms with Gasteiger partial charge in [-0.1, -0.05) is 24.3 Å². The number of ether oxygens (including phenoxy) is 1. The van der Waals surface area contributed by atoms with Crippen LogP contribution in [-0.4, -0.2) is 40.2 Å². The first kappa shape index (κ1) is 17.7. The van der Waals surface area contributed by atoms with Gasteiger partial charge in [0.2, 0.25) is 5.91 Å². The van der Waals surface area contributed by atoms with Crippen molar-refractivity contribution >= 4 is 23.8 Å². The minimum Gasteiger partial charge on any atom is -0.444 e. The molecular formula is C17H24N2O3S. The molecule has 2 rings (SSSR count). The molecule has 1 aromatic rings. The largest absolute Gasteiger partial charge is 0.444 e. The van der Waals surface area contributed by atoms with E-state index in [9.17, 15) is 9.59 Å². The number of aryl methyl sites for hydroxylation is 1. The van der Waals surface area contributed by atoms with Crippen molar-refractivity contribution in [2.24, 2.45) is 0 Å². The van der Waals surface area contributed by atoms with Gasteiger partial charge >= 0.3 is 6.09 Å². The van der Waals surface area contributed by atoms with Crippen molar-refractivity contribution in [3.05, 3.63) is 35.4 Å². The smallest absolute Gasteiger partial charge is 0.411 e. The topological polar surface area (TPSA) is 58.6 Å². The molecule has 1 heterocycles. The summed E-state index contributed by atoms with van der Waals surface area (Å²) in [6, 6.07) is 7.45. The lowest BCUT2D eigenvalue weighted by atomic mass is 10.1. The summed E-state index contributed by atoms with van der Waals surface area (Å²) in [5.41, 5.74) is 1.65. The monoisotopic (exact) mass is 336 g/mol. The van der Waals surface area contributed by atoms with Crippen LogP contribution in [-0.2, 0) is 16.1 Å². The normalized spacial score (nSPS) is 17.9. The lowest BCUT2D eigenvalue weighted by Crippen LogP contribution is -2.48. The molecule has 0 radical (unpaired) electrons. The highest BCUT2D eigenvalue weighted by atomic mass is 32.2. The number of thioether (sulfide) groups is 1. The molecule has 0 unspecified atom stereocenters. The van der Waals surface area contributed by atoms with Crippen molar-refractivity contribution in [3.8, 4) is 0 Å². The van der Waals surface area contributed by atoms with E-state index in [1.165, 1.54) is 4.90 Å². The number of hydrogen-bond donors (Lipinski definition) is 1. The molecule has 6 heteroatoms. The molecule has 1 aliphatic heterocycles. The minimum absolute atomic E-state index is 0.135. The summed E-state index contributed by atoms with van der Waals surface area (Å²) in [7, 11) is 0. The van der Waals surface area contributed by atoms with Crippen LogP contribution in [0.3, 0.4) is 0 Å². The Morgan fingerprint density at radius 2 is 2.04 bits per heavy atom. The second-order valence-corrected chi connectivity index (χ2v) is 7.61. The van der Waals surface area contributed by atoms with Gasteiger partial charge in [0.05, 0.1) is 5.88 Å². The maximum atomic E-state index is 12.4. The first-order valence-corrected chi connectivity index (χ1v) is 8.83. The van der Waals surface area contributed by atoms with Crippen molar-refractivity contribution < 1.29 is 14.3 Å². The van der Waals surface area contributed by atoms with Gasteiger partial charge < -0.3 is 10.1 Å². The third-order valence-electron chi connectivity index (χ3n) is 3.53. The number of benzene rings is 1. The Kier molecular flexibility index (Phi) is 5.57. The van der Waals surface area contributed by atoms with E-state index in [-0.39, 0.29) is 5.91 Å². The summed E-state index contributed by atoms with van der Waals surface area (Å²) in [5.74, 6) is 0.944. The zero-order chi connectivity index (χ0) is 17.0. The molecule has 0 spiro atoms. The summed E-state index contributed by atoms with van der Waals surface area (Å²) in [4.78, 5) is 26.2. The fourth-order valence-electron chi connectivity index (χ4n) is 2.27. The van der Waals surface area contributed by atoms with Crippen LogP contribution >= 0.6 is 11.8 Å². The molecule has 0 aliphatic carbocycles. The van der Waals surface area contributed by atoms with Gasteiger partial charge in [-0.3, -0.25) is 9.69 Å². The first-order valence-electron chi connectivity index (χ1n) is 7.67. The SMILES string of the molecule is Cc1ccccc1CNC(=O)[C@@H]1CSCN1C(=O)OC(C)(C)C. The number of carbonyl (C=O) groups is 2. The van der Waals surface area contributed by atoms with Gasteiger partial charge in [0.1, 0.15) is 11.6 Å². The maximum absolute atomic E-state index is 12.4. The van der Waals surface area contributed by atoms with Crippen LogP contribution in [0.5, 0.6) is 0 Å². The van der Waals surface area contributed by atoms with Crippen LogP contribution in [0.4, 0.5) is 4.79 Å². The zero-order valence-corrected chi connectivity index (χ0v) is 14.9. The molecule has 1 saturated heterocycles. The number of amides is 2. The van der Waals surface area contributed by atoms with Gasteiger partial charge in [0.25, 0.3) is 0 Å². The summed E-state index contributed by atoms with van der Waals surface area (Å²) < 4.78 is 5.38. The number of carbonyl (C=O) groups excluding carboxylic acids is 2. The van der Waals surface area contributed by atoms with E-state index in [1.807, 2.05) is 52.0 Å². The highest BCUT2D eigenvalue weighted by Gasteiger charge is 2.36. The number of hydrogen-bond acceptors (Lipinski definition) is 4. The number of nitrogens with zero attached hydrogens (tertiary/aromatic N) is 1. The highest BCUT2D eigenvalue weighted by Crippen LogP contribution is 2.23. The molecule has 0 saturated carbocycles. The van der Waals surface area contributed by atoms with Crippen molar-refractivity contribution in [1.29, 1.82) is 0 Å². The van der Waals surface area contributed by atoms with E-state index in [0.29, 0.717) is 18.2 Å². The highest BCUT2D eigenvalue weighted by molar-refractivity contribution is 7.99. The fourth-order valence-corrected chi connectivity index (χ4v) is 3.41. The first-order chi connectivity index (χ1) is 10.8. The third kappa shape index (κ3) is 4.89. The molecule has 1 aromatic carbocycles. The van der Waals surface area contributed by atoms with Crippen LogP contribution < -0.4 is 5.32 Å². The van der Waals surface area contributed by atoms with Crippen molar-refractivity contribution in [1.82, 2.24) is 10.2 Å². The lowest BCUT2D eigenvalue weighted by molar-refractivity contribution is -0.125. The lowest BCUT2D eigenvalue weighted by Gasteiger charge is -2.27. The van der Waals surface area contributed by atoms with Crippen molar-refractivity contribution in [2.75, 3.05) is 11.6 Å². The molecule has 5 nitrogen and oxygen atoms in total. The Balaban J connectivity index is 1.95. The van der Waals surface area contributed by atoms with Gasteiger partial charge in [-0.05, 0) is 38.8 Å². The molecule has 23 heavy (non-hydrogen) atoms. The molecule has 1 fully saturated rings. The summed E-state index contributed by atoms with van der Waals surface area (Å²) in [6.07, 6.45) is -0.432. The molecule has 126 valence electrons. The van der Waals surface area contributed by atoms with Crippen LogP contribution in [0.25, 0.3) is 0 Å². The molecule has 0 bridgehead atoms. The molecule has 1 atom stereocenters. The Morgan fingerprint density at radius 3 is 2.70 bits per heavy atom. The molecule has 2 amide bonds.